The summed E-state index contributed by atoms with van der Waals surface area (Å²) in [7, 11) is 0. The van der Waals surface area contributed by atoms with Crippen molar-refractivity contribution in [1.82, 2.24) is 5.32 Å². The van der Waals surface area contributed by atoms with Crippen molar-refractivity contribution in [2.24, 2.45) is 0 Å². The number of benzene rings is 1. The Balaban J connectivity index is 2.54. The minimum Gasteiger partial charge on any atom is -0.379 e. The summed E-state index contributed by atoms with van der Waals surface area (Å²) < 4.78 is 11.5. The standard InChI is InChI=1S/C17H29NO2/c1-5-10-19-11-12-20-17(13-18-14(2)3)16-9-7-6-8-15(16)4/h6-9,14,17-18H,5,10-13H2,1-4H3. The zero-order valence-corrected chi connectivity index (χ0v) is 13.3. The van der Waals surface area contributed by atoms with Gasteiger partial charge in [-0.3, -0.25) is 0 Å². The first-order valence-corrected chi connectivity index (χ1v) is 7.63. The van der Waals surface area contributed by atoms with Gasteiger partial charge in [0.25, 0.3) is 0 Å². The van der Waals surface area contributed by atoms with Crippen LogP contribution < -0.4 is 5.32 Å². The van der Waals surface area contributed by atoms with Gasteiger partial charge in [0.15, 0.2) is 0 Å². The van der Waals surface area contributed by atoms with Crippen LogP contribution in [0, 0.1) is 6.92 Å². The van der Waals surface area contributed by atoms with Gasteiger partial charge in [-0.2, -0.15) is 0 Å². The first kappa shape index (κ1) is 17.2. The van der Waals surface area contributed by atoms with Crippen molar-refractivity contribution in [2.75, 3.05) is 26.4 Å². The Morgan fingerprint density at radius 3 is 2.50 bits per heavy atom. The second-order valence-corrected chi connectivity index (χ2v) is 5.39. The fourth-order valence-corrected chi connectivity index (χ4v) is 2.05. The molecule has 0 radical (unpaired) electrons. The van der Waals surface area contributed by atoms with Crippen molar-refractivity contribution in [3.63, 3.8) is 0 Å². The van der Waals surface area contributed by atoms with Crippen LogP contribution >= 0.6 is 0 Å². The van der Waals surface area contributed by atoms with E-state index in [1.165, 1.54) is 11.1 Å². The van der Waals surface area contributed by atoms with Gasteiger partial charge < -0.3 is 14.8 Å². The first-order valence-electron chi connectivity index (χ1n) is 7.63. The van der Waals surface area contributed by atoms with Crippen molar-refractivity contribution in [1.29, 1.82) is 0 Å². The van der Waals surface area contributed by atoms with Crippen molar-refractivity contribution >= 4 is 0 Å². The van der Waals surface area contributed by atoms with E-state index in [0.29, 0.717) is 19.3 Å². The van der Waals surface area contributed by atoms with Gasteiger partial charge in [0.1, 0.15) is 0 Å². The SMILES string of the molecule is CCCOCCOC(CNC(C)C)c1ccccc1C. The van der Waals surface area contributed by atoms with E-state index in [1.807, 2.05) is 0 Å². The summed E-state index contributed by atoms with van der Waals surface area (Å²) in [6, 6.07) is 8.88. The lowest BCUT2D eigenvalue weighted by molar-refractivity contribution is 0.00335. The van der Waals surface area contributed by atoms with E-state index in [1.54, 1.807) is 0 Å². The maximum atomic E-state index is 6.02. The highest BCUT2D eigenvalue weighted by Crippen LogP contribution is 2.20. The Kier molecular flexibility index (Phi) is 8.51. The third-order valence-electron chi connectivity index (χ3n) is 3.14. The summed E-state index contributed by atoms with van der Waals surface area (Å²) in [6.45, 7) is 11.5. The number of aryl methyl sites for hydroxylation is 1. The highest BCUT2D eigenvalue weighted by molar-refractivity contribution is 5.28. The molecule has 0 saturated carbocycles. The molecule has 3 heteroatoms. The fourth-order valence-electron chi connectivity index (χ4n) is 2.05. The summed E-state index contributed by atoms with van der Waals surface area (Å²) in [4.78, 5) is 0. The fraction of sp³-hybridized carbons (Fsp3) is 0.647. The second-order valence-electron chi connectivity index (χ2n) is 5.39. The average Bonchev–Trinajstić information content (AvgIpc) is 2.43. The van der Waals surface area contributed by atoms with E-state index < -0.39 is 0 Å². The predicted octanol–water partition coefficient (Wildman–Crippen LogP) is 3.48. The van der Waals surface area contributed by atoms with Crippen LogP contribution in [-0.4, -0.2) is 32.4 Å². The molecule has 1 aromatic carbocycles. The summed E-state index contributed by atoms with van der Waals surface area (Å²) in [6.07, 6.45) is 1.14. The van der Waals surface area contributed by atoms with Crippen LogP contribution in [0.2, 0.25) is 0 Å². The third kappa shape index (κ3) is 6.51. The molecule has 0 aromatic heterocycles. The Bertz CT molecular complexity index is 366. The molecule has 0 heterocycles. The van der Waals surface area contributed by atoms with Gasteiger partial charge >= 0.3 is 0 Å². The lowest BCUT2D eigenvalue weighted by Crippen LogP contribution is -2.30. The summed E-state index contributed by atoms with van der Waals surface area (Å²) in [5, 5.41) is 3.46. The number of hydrogen-bond acceptors (Lipinski definition) is 3. The number of hydrogen-bond donors (Lipinski definition) is 1. The van der Waals surface area contributed by atoms with Gasteiger partial charge in [0.05, 0.1) is 19.3 Å². The summed E-state index contributed by atoms with van der Waals surface area (Å²) in [5.74, 6) is 0. The Morgan fingerprint density at radius 2 is 1.85 bits per heavy atom. The Labute approximate surface area is 123 Å². The molecule has 1 rings (SSSR count). The molecule has 0 aliphatic heterocycles. The molecule has 0 bridgehead atoms. The minimum absolute atomic E-state index is 0.0869. The van der Waals surface area contributed by atoms with Crippen LogP contribution in [0.5, 0.6) is 0 Å². The Morgan fingerprint density at radius 1 is 1.10 bits per heavy atom. The molecule has 20 heavy (non-hydrogen) atoms. The highest BCUT2D eigenvalue weighted by Gasteiger charge is 2.14. The Hall–Kier alpha value is -0.900. The quantitative estimate of drug-likeness (QED) is 0.665. The molecule has 1 aromatic rings. The van der Waals surface area contributed by atoms with Crippen LogP contribution in [0.4, 0.5) is 0 Å². The van der Waals surface area contributed by atoms with Crippen LogP contribution in [0.1, 0.15) is 44.4 Å². The molecule has 1 N–H and O–H groups in total. The summed E-state index contributed by atoms with van der Waals surface area (Å²) >= 11 is 0. The van der Waals surface area contributed by atoms with E-state index in [-0.39, 0.29) is 6.10 Å². The first-order chi connectivity index (χ1) is 9.65. The van der Waals surface area contributed by atoms with Gasteiger partial charge in [0.2, 0.25) is 0 Å². The van der Waals surface area contributed by atoms with Gasteiger partial charge in [-0.25, -0.2) is 0 Å². The van der Waals surface area contributed by atoms with E-state index in [9.17, 15) is 0 Å². The van der Waals surface area contributed by atoms with Crippen molar-refractivity contribution < 1.29 is 9.47 Å². The topological polar surface area (TPSA) is 30.5 Å². The normalized spacial score (nSPS) is 12.8. The average molecular weight is 279 g/mol. The zero-order chi connectivity index (χ0) is 14.8. The lowest BCUT2D eigenvalue weighted by Gasteiger charge is -2.22. The number of rotatable bonds is 10. The maximum Gasteiger partial charge on any atom is 0.0953 e. The van der Waals surface area contributed by atoms with E-state index >= 15 is 0 Å². The molecule has 114 valence electrons. The number of nitrogens with one attached hydrogen (secondary N) is 1. The number of ether oxygens (including phenoxy) is 2. The van der Waals surface area contributed by atoms with Crippen LogP contribution in [0.25, 0.3) is 0 Å². The van der Waals surface area contributed by atoms with E-state index in [0.717, 1.165) is 19.6 Å². The molecule has 0 saturated heterocycles. The maximum absolute atomic E-state index is 6.02. The third-order valence-corrected chi connectivity index (χ3v) is 3.14. The molecule has 3 nitrogen and oxygen atoms in total. The van der Waals surface area contributed by atoms with Gasteiger partial charge in [-0.1, -0.05) is 45.0 Å². The molecule has 0 fully saturated rings. The highest BCUT2D eigenvalue weighted by atomic mass is 16.5. The van der Waals surface area contributed by atoms with Crippen LogP contribution in [0.3, 0.4) is 0 Å². The van der Waals surface area contributed by atoms with Crippen molar-refractivity contribution in [2.45, 2.75) is 46.3 Å². The van der Waals surface area contributed by atoms with Crippen molar-refractivity contribution in [3.05, 3.63) is 35.4 Å². The van der Waals surface area contributed by atoms with E-state index in [2.05, 4.69) is 57.3 Å². The molecule has 0 aliphatic rings. The largest absolute Gasteiger partial charge is 0.379 e. The van der Waals surface area contributed by atoms with Gasteiger partial charge in [-0.05, 0) is 24.5 Å². The van der Waals surface area contributed by atoms with Gasteiger partial charge in [0, 0.05) is 19.2 Å². The lowest BCUT2D eigenvalue weighted by atomic mass is 10.0. The van der Waals surface area contributed by atoms with Gasteiger partial charge in [-0.15, -0.1) is 0 Å². The van der Waals surface area contributed by atoms with Crippen LogP contribution in [0.15, 0.2) is 24.3 Å². The molecule has 1 unspecified atom stereocenters. The zero-order valence-electron chi connectivity index (χ0n) is 13.3. The molecular weight excluding hydrogens is 250 g/mol. The molecule has 0 spiro atoms. The molecule has 0 aliphatic carbocycles. The van der Waals surface area contributed by atoms with Crippen LogP contribution in [-0.2, 0) is 9.47 Å². The minimum atomic E-state index is 0.0869. The molecular formula is C17H29NO2. The molecule has 0 amide bonds. The summed E-state index contributed by atoms with van der Waals surface area (Å²) in [5.41, 5.74) is 2.54. The van der Waals surface area contributed by atoms with E-state index in [4.69, 9.17) is 9.47 Å². The van der Waals surface area contributed by atoms with Crippen molar-refractivity contribution in [3.8, 4) is 0 Å². The smallest absolute Gasteiger partial charge is 0.0953 e. The predicted molar refractivity (Wildman–Crippen MR) is 84.1 cm³/mol. The second kappa shape index (κ2) is 9.92. The monoisotopic (exact) mass is 279 g/mol. The molecule has 1 atom stereocenters.